The Morgan fingerprint density at radius 2 is 2.22 bits per heavy atom. The van der Waals surface area contributed by atoms with Gasteiger partial charge in [-0.05, 0) is 18.1 Å². The molecule has 0 aliphatic rings. The third-order valence-electron chi connectivity index (χ3n) is 2.34. The van der Waals surface area contributed by atoms with Crippen LogP contribution < -0.4 is 15.2 Å². The molecule has 0 heterocycles. The summed E-state index contributed by atoms with van der Waals surface area (Å²) < 4.78 is 10.3. The van der Waals surface area contributed by atoms with Gasteiger partial charge in [-0.2, -0.15) is 0 Å². The number of para-hydroxylation sites is 1. The quantitative estimate of drug-likeness (QED) is 0.635. The van der Waals surface area contributed by atoms with Crippen LogP contribution in [0.2, 0.25) is 0 Å². The summed E-state index contributed by atoms with van der Waals surface area (Å²) in [4.78, 5) is 10.5. The number of aliphatic hydroxyl groups is 1. The van der Waals surface area contributed by atoms with Gasteiger partial charge in [0.05, 0.1) is 13.7 Å². The highest BCUT2D eigenvalue weighted by atomic mass is 16.5. The molecule has 0 bridgehead atoms. The minimum atomic E-state index is -1.07. The van der Waals surface area contributed by atoms with Crippen molar-refractivity contribution in [1.29, 1.82) is 0 Å². The van der Waals surface area contributed by atoms with Crippen LogP contribution in [0.1, 0.15) is 5.56 Å². The molecule has 1 unspecified atom stereocenters. The van der Waals surface area contributed by atoms with Gasteiger partial charge in [0, 0.05) is 6.04 Å². The van der Waals surface area contributed by atoms with Crippen molar-refractivity contribution in [2.24, 2.45) is 5.73 Å². The maximum Gasteiger partial charge on any atom is 0.341 e. The maximum absolute atomic E-state index is 10.5. The second-order valence-corrected chi connectivity index (χ2v) is 3.78. The molecule has 0 amide bonds. The van der Waals surface area contributed by atoms with E-state index in [9.17, 15) is 4.79 Å². The topological polar surface area (TPSA) is 102 Å². The Morgan fingerprint density at radius 3 is 2.78 bits per heavy atom. The van der Waals surface area contributed by atoms with E-state index in [4.69, 9.17) is 25.4 Å². The Labute approximate surface area is 105 Å². The number of carboxylic acids is 1. The van der Waals surface area contributed by atoms with E-state index in [0.29, 0.717) is 23.5 Å². The zero-order valence-electron chi connectivity index (χ0n) is 10.1. The van der Waals surface area contributed by atoms with Crippen molar-refractivity contribution < 1.29 is 24.5 Å². The summed E-state index contributed by atoms with van der Waals surface area (Å²) >= 11 is 0. The van der Waals surface area contributed by atoms with Crippen LogP contribution in [0, 0.1) is 0 Å². The average molecular weight is 255 g/mol. The largest absolute Gasteiger partial charge is 0.493 e. The first-order valence-electron chi connectivity index (χ1n) is 5.45. The molecule has 6 heteroatoms. The number of carboxylic acid groups (broad SMARTS) is 1. The monoisotopic (exact) mass is 255 g/mol. The number of hydrogen-bond acceptors (Lipinski definition) is 5. The first kappa shape index (κ1) is 14.3. The first-order chi connectivity index (χ1) is 8.58. The standard InChI is InChI=1S/C12H17NO5/c1-17-10-4-2-3-8(5-9(13)6-14)12(10)18-7-11(15)16/h2-4,9,14H,5-7,13H2,1H3,(H,15,16). The number of ether oxygens (including phenoxy) is 2. The van der Waals surface area contributed by atoms with Crippen molar-refractivity contribution in [3.63, 3.8) is 0 Å². The summed E-state index contributed by atoms with van der Waals surface area (Å²) in [6.45, 7) is -0.614. The summed E-state index contributed by atoms with van der Waals surface area (Å²) in [5.41, 5.74) is 6.36. The number of nitrogens with two attached hydrogens (primary N) is 1. The fourth-order valence-electron chi connectivity index (χ4n) is 1.53. The third kappa shape index (κ3) is 3.90. The molecule has 1 aromatic rings. The molecule has 0 spiro atoms. The molecule has 100 valence electrons. The van der Waals surface area contributed by atoms with Crippen molar-refractivity contribution in [1.82, 2.24) is 0 Å². The Balaban J connectivity index is 2.96. The lowest BCUT2D eigenvalue weighted by Crippen LogP contribution is -2.27. The van der Waals surface area contributed by atoms with Crippen molar-refractivity contribution >= 4 is 5.97 Å². The fourth-order valence-corrected chi connectivity index (χ4v) is 1.53. The number of hydrogen-bond donors (Lipinski definition) is 3. The van der Waals surface area contributed by atoms with Gasteiger partial charge in [0.25, 0.3) is 0 Å². The van der Waals surface area contributed by atoms with Crippen LogP contribution in [-0.4, -0.2) is 42.5 Å². The van der Waals surface area contributed by atoms with E-state index in [1.54, 1.807) is 18.2 Å². The molecule has 0 aliphatic heterocycles. The van der Waals surface area contributed by atoms with Gasteiger partial charge in [-0.1, -0.05) is 12.1 Å². The molecule has 18 heavy (non-hydrogen) atoms. The molecule has 0 aromatic heterocycles. The predicted octanol–water partition coefficient (Wildman–Crippen LogP) is 0.0207. The van der Waals surface area contributed by atoms with Gasteiger partial charge >= 0.3 is 5.97 Å². The Hall–Kier alpha value is -1.79. The Morgan fingerprint density at radius 1 is 1.50 bits per heavy atom. The number of aliphatic carboxylic acids is 1. The zero-order valence-corrected chi connectivity index (χ0v) is 10.1. The van der Waals surface area contributed by atoms with Gasteiger partial charge in [-0.3, -0.25) is 0 Å². The molecule has 0 saturated heterocycles. The van der Waals surface area contributed by atoms with Crippen LogP contribution in [-0.2, 0) is 11.2 Å². The van der Waals surface area contributed by atoms with Crippen LogP contribution in [0.4, 0.5) is 0 Å². The summed E-state index contributed by atoms with van der Waals surface area (Å²) in [5, 5.41) is 17.6. The molecule has 1 atom stereocenters. The summed E-state index contributed by atoms with van der Waals surface area (Å²) in [5.74, 6) is -0.275. The van der Waals surface area contributed by atoms with Crippen molar-refractivity contribution in [3.05, 3.63) is 23.8 Å². The molecule has 0 radical (unpaired) electrons. The molecule has 4 N–H and O–H groups in total. The lowest BCUT2D eigenvalue weighted by Gasteiger charge is -2.15. The highest BCUT2D eigenvalue weighted by Crippen LogP contribution is 2.31. The SMILES string of the molecule is COc1cccc(CC(N)CO)c1OCC(=O)O. The van der Waals surface area contributed by atoms with E-state index in [-0.39, 0.29) is 6.61 Å². The molecule has 0 fully saturated rings. The second-order valence-electron chi connectivity index (χ2n) is 3.78. The lowest BCUT2D eigenvalue weighted by atomic mass is 10.1. The number of benzene rings is 1. The van der Waals surface area contributed by atoms with Gasteiger partial charge in [-0.25, -0.2) is 4.79 Å². The van der Waals surface area contributed by atoms with Crippen LogP contribution in [0.15, 0.2) is 18.2 Å². The van der Waals surface area contributed by atoms with Crippen molar-refractivity contribution in [2.75, 3.05) is 20.3 Å². The number of carbonyl (C=O) groups is 1. The lowest BCUT2D eigenvalue weighted by molar-refractivity contribution is -0.139. The van der Waals surface area contributed by atoms with Gasteiger partial charge < -0.3 is 25.4 Å². The van der Waals surface area contributed by atoms with Crippen LogP contribution in [0.5, 0.6) is 11.5 Å². The minimum absolute atomic E-state index is 0.157. The molecule has 6 nitrogen and oxygen atoms in total. The van der Waals surface area contributed by atoms with E-state index in [1.807, 2.05) is 0 Å². The van der Waals surface area contributed by atoms with Crippen molar-refractivity contribution in [2.45, 2.75) is 12.5 Å². The first-order valence-corrected chi connectivity index (χ1v) is 5.45. The van der Waals surface area contributed by atoms with Gasteiger partial charge in [0.15, 0.2) is 18.1 Å². The predicted molar refractivity (Wildman–Crippen MR) is 64.9 cm³/mol. The number of methoxy groups -OCH3 is 1. The Bertz CT molecular complexity index is 407. The molecular weight excluding hydrogens is 238 g/mol. The molecular formula is C12H17NO5. The maximum atomic E-state index is 10.5. The van der Waals surface area contributed by atoms with Gasteiger partial charge in [-0.15, -0.1) is 0 Å². The van der Waals surface area contributed by atoms with Crippen LogP contribution >= 0.6 is 0 Å². The van der Waals surface area contributed by atoms with E-state index in [0.717, 1.165) is 0 Å². The fraction of sp³-hybridized carbons (Fsp3) is 0.417. The van der Waals surface area contributed by atoms with Gasteiger partial charge in [0.1, 0.15) is 0 Å². The van der Waals surface area contributed by atoms with E-state index in [1.165, 1.54) is 7.11 Å². The van der Waals surface area contributed by atoms with E-state index >= 15 is 0 Å². The van der Waals surface area contributed by atoms with E-state index < -0.39 is 18.6 Å². The number of rotatable bonds is 7. The highest BCUT2D eigenvalue weighted by molar-refractivity contribution is 5.68. The van der Waals surface area contributed by atoms with Crippen LogP contribution in [0.3, 0.4) is 0 Å². The summed E-state index contributed by atoms with van der Waals surface area (Å²) in [6.07, 6.45) is 0.378. The summed E-state index contributed by atoms with van der Waals surface area (Å²) in [7, 11) is 1.47. The van der Waals surface area contributed by atoms with Gasteiger partial charge in [0.2, 0.25) is 0 Å². The third-order valence-corrected chi connectivity index (χ3v) is 2.34. The number of aliphatic hydroxyl groups excluding tert-OH is 1. The van der Waals surface area contributed by atoms with E-state index in [2.05, 4.69) is 0 Å². The summed E-state index contributed by atoms with van der Waals surface area (Å²) in [6, 6.07) is 4.76. The molecule has 0 saturated carbocycles. The minimum Gasteiger partial charge on any atom is -0.493 e. The molecule has 0 aliphatic carbocycles. The van der Waals surface area contributed by atoms with Crippen LogP contribution in [0.25, 0.3) is 0 Å². The zero-order chi connectivity index (χ0) is 13.5. The molecule has 1 aromatic carbocycles. The molecule has 1 rings (SSSR count). The normalized spacial score (nSPS) is 11.9. The van der Waals surface area contributed by atoms with Crippen molar-refractivity contribution in [3.8, 4) is 11.5 Å². The smallest absolute Gasteiger partial charge is 0.341 e. The Kier molecular flexibility index (Phi) is 5.41. The second kappa shape index (κ2) is 6.83. The average Bonchev–Trinajstić information content (AvgIpc) is 2.36. The highest BCUT2D eigenvalue weighted by Gasteiger charge is 2.14.